The second kappa shape index (κ2) is 6.96. The average molecular weight is 317 g/mol. The fourth-order valence-corrected chi connectivity index (χ4v) is 2.65. The molecule has 0 spiro atoms. The lowest BCUT2D eigenvalue weighted by molar-refractivity contribution is 0.0958. The first-order valence-electron chi connectivity index (χ1n) is 7.82. The molecule has 0 radical (unpaired) electrons. The van der Waals surface area contributed by atoms with Crippen LogP contribution in [0.3, 0.4) is 0 Å². The van der Waals surface area contributed by atoms with Crippen molar-refractivity contribution in [3.8, 4) is 16.9 Å². The Kier molecular flexibility index (Phi) is 4.57. The summed E-state index contributed by atoms with van der Waals surface area (Å²) in [7, 11) is 0. The summed E-state index contributed by atoms with van der Waals surface area (Å²) in [5.74, 6) is -0.145. The van der Waals surface area contributed by atoms with Gasteiger partial charge in [0.25, 0.3) is 5.91 Å². The Labute approximate surface area is 141 Å². The van der Waals surface area contributed by atoms with Gasteiger partial charge in [-0.2, -0.15) is 5.10 Å². The van der Waals surface area contributed by atoms with Gasteiger partial charge in [-0.05, 0) is 19.1 Å². The van der Waals surface area contributed by atoms with Crippen LogP contribution in [0.5, 0.6) is 0 Å². The molecule has 24 heavy (non-hydrogen) atoms. The van der Waals surface area contributed by atoms with Gasteiger partial charge in [0.2, 0.25) is 0 Å². The molecular weight excluding hydrogens is 298 g/mol. The molecule has 1 aromatic heterocycles. The fraction of sp³-hybridized carbons (Fsp3) is 0.100. The lowest BCUT2D eigenvalue weighted by Gasteiger charge is -2.05. The Balaban J connectivity index is 2.16. The lowest BCUT2D eigenvalue weighted by Crippen LogP contribution is -2.24. The second-order valence-electron chi connectivity index (χ2n) is 5.42. The molecule has 1 heterocycles. The molecule has 3 aromatic rings. The van der Waals surface area contributed by atoms with E-state index in [1.807, 2.05) is 72.3 Å². The van der Waals surface area contributed by atoms with Gasteiger partial charge in [0, 0.05) is 12.1 Å². The molecule has 4 heteroatoms. The summed E-state index contributed by atoms with van der Waals surface area (Å²) in [6, 6.07) is 19.6. The third kappa shape index (κ3) is 2.99. The van der Waals surface area contributed by atoms with Gasteiger partial charge in [0.1, 0.15) is 5.69 Å². The maximum Gasteiger partial charge on any atom is 0.255 e. The van der Waals surface area contributed by atoms with E-state index in [1.165, 1.54) is 0 Å². The highest BCUT2D eigenvalue weighted by Crippen LogP contribution is 2.27. The number of hydrogen-bond acceptors (Lipinski definition) is 2. The quantitative estimate of drug-likeness (QED) is 0.728. The third-order valence-electron chi connectivity index (χ3n) is 3.80. The van der Waals surface area contributed by atoms with E-state index >= 15 is 0 Å². The number of benzene rings is 2. The number of aromatic nitrogens is 2. The van der Waals surface area contributed by atoms with Crippen LogP contribution in [0, 0.1) is 6.92 Å². The zero-order valence-electron chi connectivity index (χ0n) is 13.6. The smallest absolute Gasteiger partial charge is 0.255 e. The average Bonchev–Trinajstić information content (AvgIpc) is 2.98. The predicted molar refractivity (Wildman–Crippen MR) is 96.3 cm³/mol. The first-order valence-corrected chi connectivity index (χ1v) is 7.82. The van der Waals surface area contributed by atoms with Crippen molar-refractivity contribution in [2.45, 2.75) is 6.92 Å². The number of nitrogens with one attached hydrogen (secondary N) is 1. The molecule has 2 aromatic carbocycles. The normalized spacial score (nSPS) is 10.4. The number of carbonyl (C=O) groups excluding carboxylic acids is 1. The fourth-order valence-electron chi connectivity index (χ4n) is 2.65. The van der Waals surface area contributed by atoms with Gasteiger partial charge >= 0.3 is 0 Å². The van der Waals surface area contributed by atoms with Crippen LogP contribution in [0.4, 0.5) is 0 Å². The van der Waals surface area contributed by atoms with Crippen LogP contribution in [0.2, 0.25) is 0 Å². The summed E-state index contributed by atoms with van der Waals surface area (Å²) in [5, 5.41) is 7.56. The molecule has 0 saturated carbocycles. The Bertz CT molecular complexity index is 851. The summed E-state index contributed by atoms with van der Waals surface area (Å²) >= 11 is 0. The van der Waals surface area contributed by atoms with Gasteiger partial charge in [0.15, 0.2) is 0 Å². The van der Waals surface area contributed by atoms with Crippen molar-refractivity contribution in [3.05, 3.63) is 84.6 Å². The Morgan fingerprint density at radius 2 is 1.75 bits per heavy atom. The minimum absolute atomic E-state index is 0.145. The number of hydrogen-bond donors (Lipinski definition) is 1. The zero-order chi connectivity index (χ0) is 16.9. The number of rotatable bonds is 5. The van der Waals surface area contributed by atoms with Crippen molar-refractivity contribution in [2.24, 2.45) is 0 Å². The molecule has 120 valence electrons. The van der Waals surface area contributed by atoms with E-state index in [2.05, 4.69) is 11.9 Å². The molecule has 1 amide bonds. The van der Waals surface area contributed by atoms with Crippen molar-refractivity contribution >= 4 is 5.91 Å². The van der Waals surface area contributed by atoms with Gasteiger partial charge in [-0.3, -0.25) is 4.79 Å². The van der Waals surface area contributed by atoms with E-state index in [0.717, 1.165) is 16.9 Å². The Morgan fingerprint density at radius 1 is 1.12 bits per heavy atom. The van der Waals surface area contributed by atoms with Crippen molar-refractivity contribution in [1.82, 2.24) is 15.1 Å². The molecule has 0 aliphatic carbocycles. The van der Waals surface area contributed by atoms with Crippen LogP contribution in [0.25, 0.3) is 16.9 Å². The highest BCUT2D eigenvalue weighted by Gasteiger charge is 2.22. The van der Waals surface area contributed by atoms with Crippen LogP contribution < -0.4 is 5.32 Å². The summed E-state index contributed by atoms with van der Waals surface area (Å²) < 4.78 is 1.81. The van der Waals surface area contributed by atoms with Gasteiger partial charge in [-0.15, -0.1) is 6.58 Å². The van der Waals surface area contributed by atoms with Crippen LogP contribution in [-0.4, -0.2) is 22.2 Å². The molecule has 3 rings (SSSR count). The minimum atomic E-state index is -0.145. The molecule has 0 bridgehead atoms. The molecule has 0 unspecified atom stereocenters. The molecule has 0 saturated heterocycles. The minimum Gasteiger partial charge on any atom is -0.348 e. The maximum atomic E-state index is 12.7. The molecule has 0 atom stereocenters. The van der Waals surface area contributed by atoms with Crippen molar-refractivity contribution in [1.29, 1.82) is 0 Å². The number of para-hydroxylation sites is 1. The highest BCUT2D eigenvalue weighted by atomic mass is 16.1. The third-order valence-corrected chi connectivity index (χ3v) is 3.80. The van der Waals surface area contributed by atoms with Crippen LogP contribution in [0.15, 0.2) is 73.3 Å². The summed E-state index contributed by atoms with van der Waals surface area (Å²) in [4.78, 5) is 12.7. The zero-order valence-corrected chi connectivity index (χ0v) is 13.6. The summed E-state index contributed by atoms with van der Waals surface area (Å²) in [6.07, 6.45) is 1.66. The van der Waals surface area contributed by atoms with Gasteiger partial charge in [-0.1, -0.05) is 54.6 Å². The second-order valence-corrected chi connectivity index (χ2v) is 5.42. The first-order chi connectivity index (χ1) is 11.7. The van der Waals surface area contributed by atoms with Crippen LogP contribution in [0.1, 0.15) is 16.1 Å². The Hall–Kier alpha value is -3.14. The summed E-state index contributed by atoms with van der Waals surface area (Å²) in [5.41, 5.74) is 3.92. The molecule has 0 aliphatic heterocycles. The highest BCUT2D eigenvalue weighted by molar-refractivity contribution is 6.01. The number of carbonyl (C=O) groups is 1. The number of amides is 1. The largest absolute Gasteiger partial charge is 0.348 e. The first kappa shape index (κ1) is 15.7. The van der Waals surface area contributed by atoms with Crippen molar-refractivity contribution in [3.63, 3.8) is 0 Å². The molecule has 0 fully saturated rings. The molecule has 0 aliphatic rings. The van der Waals surface area contributed by atoms with E-state index < -0.39 is 0 Å². The van der Waals surface area contributed by atoms with E-state index in [0.29, 0.717) is 17.8 Å². The SMILES string of the molecule is C=CCNC(=O)c1c(-c2ccccc2)nn(-c2ccccc2)c1C. The van der Waals surface area contributed by atoms with Crippen molar-refractivity contribution < 1.29 is 4.79 Å². The van der Waals surface area contributed by atoms with Crippen LogP contribution >= 0.6 is 0 Å². The van der Waals surface area contributed by atoms with Gasteiger partial charge in [0.05, 0.1) is 16.9 Å². The monoisotopic (exact) mass is 317 g/mol. The van der Waals surface area contributed by atoms with E-state index in [1.54, 1.807) is 6.08 Å². The molecular formula is C20H19N3O. The van der Waals surface area contributed by atoms with E-state index in [4.69, 9.17) is 5.10 Å². The lowest BCUT2D eigenvalue weighted by atomic mass is 10.1. The predicted octanol–water partition coefficient (Wildman–Crippen LogP) is 3.76. The maximum absolute atomic E-state index is 12.7. The number of nitrogens with zero attached hydrogens (tertiary/aromatic N) is 2. The van der Waals surface area contributed by atoms with Gasteiger partial charge < -0.3 is 5.32 Å². The standard InChI is InChI=1S/C20H19N3O/c1-3-14-21-20(24)18-15(2)23(17-12-8-5-9-13-17)22-19(18)16-10-6-4-7-11-16/h3-13H,1,14H2,2H3,(H,21,24). The Morgan fingerprint density at radius 3 is 2.38 bits per heavy atom. The van der Waals surface area contributed by atoms with E-state index in [-0.39, 0.29) is 5.91 Å². The van der Waals surface area contributed by atoms with Gasteiger partial charge in [-0.25, -0.2) is 4.68 Å². The summed E-state index contributed by atoms with van der Waals surface area (Å²) in [6.45, 7) is 5.98. The van der Waals surface area contributed by atoms with Crippen LogP contribution in [-0.2, 0) is 0 Å². The van der Waals surface area contributed by atoms with Crippen molar-refractivity contribution in [2.75, 3.05) is 6.54 Å². The molecule has 1 N–H and O–H groups in total. The topological polar surface area (TPSA) is 46.9 Å². The van der Waals surface area contributed by atoms with E-state index in [9.17, 15) is 4.79 Å². The molecule has 4 nitrogen and oxygen atoms in total.